The molecule has 0 saturated carbocycles. The SMILES string of the molecule is CCNC(CSc1ccc(Br)cc1)c1cccc(Br)c1F. The zero-order valence-electron chi connectivity index (χ0n) is 11.6. The second-order valence-electron chi connectivity index (χ2n) is 4.52. The third-order valence-corrected chi connectivity index (χ3v) is 5.28. The van der Waals surface area contributed by atoms with Crippen LogP contribution in [-0.4, -0.2) is 12.3 Å². The van der Waals surface area contributed by atoms with Gasteiger partial charge in [-0.15, -0.1) is 11.8 Å². The average Bonchev–Trinajstić information content (AvgIpc) is 2.48. The van der Waals surface area contributed by atoms with Crippen LogP contribution in [0.5, 0.6) is 0 Å². The highest BCUT2D eigenvalue weighted by Crippen LogP contribution is 2.29. The first-order valence-electron chi connectivity index (χ1n) is 6.67. The van der Waals surface area contributed by atoms with Crippen LogP contribution in [-0.2, 0) is 0 Å². The van der Waals surface area contributed by atoms with Crippen LogP contribution in [0.1, 0.15) is 18.5 Å². The van der Waals surface area contributed by atoms with Gasteiger partial charge in [0.2, 0.25) is 0 Å². The Hall–Kier alpha value is -0.360. The van der Waals surface area contributed by atoms with Gasteiger partial charge in [0.05, 0.1) is 4.47 Å². The number of rotatable bonds is 6. The number of nitrogens with one attached hydrogen (secondary N) is 1. The largest absolute Gasteiger partial charge is 0.309 e. The number of thioether (sulfide) groups is 1. The highest BCUT2D eigenvalue weighted by molar-refractivity contribution is 9.10. The summed E-state index contributed by atoms with van der Waals surface area (Å²) in [5.41, 5.74) is 0.704. The van der Waals surface area contributed by atoms with Crippen molar-refractivity contribution < 1.29 is 4.39 Å². The van der Waals surface area contributed by atoms with Gasteiger partial charge in [0.15, 0.2) is 0 Å². The van der Waals surface area contributed by atoms with Crippen molar-refractivity contribution >= 4 is 43.6 Å². The molecule has 1 N–H and O–H groups in total. The molecule has 0 heterocycles. The Balaban J connectivity index is 2.12. The van der Waals surface area contributed by atoms with Gasteiger partial charge in [-0.3, -0.25) is 0 Å². The summed E-state index contributed by atoms with van der Waals surface area (Å²) < 4.78 is 15.8. The van der Waals surface area contributed by atoms with Crippen LogP contribution >= 0.6 is 43.6 Å². The Labute approximate surface area is 146 Å². The fourth-order valence-corrected chi connectivity index (χ4v) is 3.64. The number of hydrogen-bond acceptors (Lipinski definition) is 2. The van der Waals surface area contributed by atoms with Crippen molar-refractivity contribution in [2.45, 2.75) is 17.9 Å². The van der Waals surface area contributed by atoms with Crippen molar-refractivity contribution in [3.63, 3.8) is 0 Å². The molecule has 0 aliphatic rings. The maximum absolute atomic E-state index is 14.3. The van der Waals surface area contributed by atoms with Crippen LogP contribution in [0.2, 0.25) is 0 Å². The lowest BCUT2D eigenvalue weighted by molar-refractivity contribution is 0.542. The van der Waals surface area contributed by atoms with E-state index >= 15 is 0 Å². The Morgan fingerprint density at radius 2 is 1.86 bits per heavy atom. The zero-order valence-corrected chi connectivity index (χ0v) is 15.6. The fourth-order valence-electron chi connectivity index (χ4n) is 2.01. The van der Waals surface area contributed by atoms with E-state index in [1.807, 2.05) is 31.2 Å². The minimum atomic E-state index is -0.181. The van der Waals surface area contributed by atoms with Crippen molar-refractivity contribution in [2.24, 2.45) is 0 Å². The summed E-state index contributed by atoms with van der Waals surface area (Å²) in [5, 5.41) is 3.36. The summed E-state index contributed by atoms with van der Waals surface area (Å²) in [6.07, 6.45) is 0. The smallest absolute Gasteiger partial charge is 0.142 e. The first-order chi connectivity index (χ1) is 10.1. The molecule has 1 unspecified atom stereocenters. The molecule has 0 aromatic heterocycles. The molecule has 0 aliphatic heterocycles. The quantitative estimate of drug-likeness (QED) is 0.579. The van der Waals surface area contributed by atoms with E-state index in [0.29, 0.717) is 10.0 Å². The highest BCUT2D eigenvalue weighted by Gasteiger charge is 2.16. The highest BCUT2D eigenvalue weighted by atomic mass is 79.9. The summed E-state index contributed by atoms with van der Waals surface area (Å²) in [6.45, 7) is 2.84. The molecule has 2 rings (SSSR count). The molecule has 0 saturated heterocycles. The minimum Gasteiger partial charge on any atom is -0.309 e. The molecule has 1 nitrogen and oxygen atoms in total. The molecule has 0 fully saturated rings. The van der Waals surface area contributed by atoms with E-state index in [4.69, 9.17) is 0 Å². The summed E-state index contributed by atoms with van der Waals surface area (Å²) >= 11 is 8.40. The Bertz CT molecular complexity index is 589. The molecule has 0 radical (unpaired) electrons. The zero-order chi connectivity index (χ0) is 15.2. The van der Waals surface area contributed by atoms with Crippen molar-refractivity contribution in [1.82, 2.24) is 5.32 Å². The first kappa shape index (κ1) is 17.0. The molecule has 0 spiro atoms. The monoisotopic (exact) mass is 431 g/mol. The van der Waals surface area contributed by atoms with Gasteiger partial charge in [0, 0.05) is 26.7 Å². The summed E-state index contributed by atoms with van der Waals surface area (Å²) in [6, 6.07) is 13.6. The lowest BCUT2D eigenvalue weighted by atomic mass is 10.1. The number of hydrogen-bond donors (Lipinski definition) is 1. The van der Waals surface area contributed by atoms with Crippen LogP contribution in [0, 0.1) is 5.82 Å². The third-order valence-electron chi connectivity index (χ3n) is 3.04. The third kappa shape index (κ3) is 4.81. The molecule has 0 bridgehead atoms. The Kier molecular flexibility index (Phi) is 6.74. The van der Waals surface area contributed by atoms with Gasteiger partial charge < -0.3 is 5.32 Å². The Morgan fingerprint density at radius 1 is 1.14 bits per heavy atom. The van der Waals surface area contributed by atoms with Crippen LogP contribution in [0.25, 0.3) is 0 Å². The van der Waals surface area contributed by atoms with E-state index in [1.54, 1.807) is 17.8 Å². The molecule has 2 aromatic carbocycles. The van der Waals surface area contributed by atoms with Crippen molar-refractivity contribution in [3.8, 4) is 0 Å². The number of halogens is 3. The summed E-state index contributed by atoms with van der Waals surface area (Å²) in [4.78, 5) is 1.18. The Morgan fingerprint density at radius 3 is 2.52 bits per heavy atom. The van der Waals surface area contributed by atoms with E-state index in [1.165, 1.54) is 4.90 Å². The van der Waals surface area contributed by atoms with Gasteiger partial charge in [-0.1, -0.05) is 35.0 Å². The van der Waals surface area contributed by atoms with Crippen molar-refractivity contribution in [2.75, 3.05) is 12.3 Å². The van der Waals surface area contributed by atoms with Gasteiger partial charge in [-0.05, 0) is 52.8 Å². The van der Waals surface area contributed by atoms with E-state index < -0.39 is 0 Å². The molecule has 0 aliphatic carbocycles. The standard InChI is InChI=1S/C16H16Br2FNS/c1-2-20-15(13-4-3-5-14(18)16(13)19)10-21-12-8-6-11(17)7-9-12/h3-9,15,20H,2,10H2,1H3. The molecule has 112 valence electrons. The molecule has 5 heteroatoms. The average molecular weight is 433 g/mol. The van der Waals surface area contributed by atoms with Crippen molar-refractivity contribution in [1.29, 1.82) is 0 Å². The number of benzene rings is 2. The van der Waals surface area contributed by atoms with Gasteiger partial charge >= 0.3 is 0 Å². The maximum atomic E-state index is 14.3. The van der Waals surface area contributed by atoms with Crippen LogP contribution < -0.4 is 5.32 Å². The van der Waals surface area contributed by atoms with Crippen LogP contribution in [0.15, 0.2) is 56.3 Å². The molecular formula is C16H16Br2FNS. The lowest BCUT2D eigenvalue weighted by Crippen LogP contribution is -2.24. The van der Waals surface area contributed by atoms with Crippen LogP contribution in [0.4, 0.5) is 4.39 Å². The first-order valence-corrected chi connectivity index (χ1v) is 9.24. The normalized spacial score (nSPS) is 12.4. The van der Waals surface area contributed by atoms with Gasteiger partial charge in [-0.25, -0.2) is 4.39 Å². The molecule has 2 aromatic rings. The van der Waals surface area contributed by atoms with Gasteiger partial charge in [-0.2, -0.15) is 0 Å². The predicted molar refractivity (Wildman–Crippen MR) is 95.4 cm³/mol. The van der Waals surface area contributed by atoms with E-state index in [0.717, 1.165) is 16.8 Å². The minimum absolute atomic E-state index is 0.0128. The molecular weight excluding hydrogens is 417 g/mol. The molecule has 1 atom stereocenters. The van der Waals surface area contributed by atoms with E-state index in [9.17, 15) is 4.39 Å². The molecule has 21 heavy (non-hydrogen) atoms. The van der Waals surface area contributed by atoms with Crippen LogP contribution in [0.3, 0.4) is 0 Å². The fraction of sp³-hybridized carbons (Fsp3) is 0.250. The predicted octanol–water partition coefficient (Wildman–Crippen LogP) is 5.79. The van der Waals surface area contributed by atoms with E-state index in [2.05, 4.69) is 49.3 Å². The summed E-state index contributed by atoms with van der Waals surface area (Å²) in [5.74, 6) is 0.600. The lowest BCUT2D eigenvalue weighted by Gasteiger charge is -2.19. The van der Waals surface area contributed by atoms with Gasteiger partial charge in [0.1, 0.15) is 5.82 Å². The van der Waals surface area contributed by atoms with E-state index in [-0.39, 0.29) is 11.9 Å². The van der Waals surface area contributed by atoms with Crippen molar-refractivity contribution in [3.05, 3.63) is 62.8 Å². The second kappa shape index (κ2) is 8.32. The topological polar surface area (TPSA) is 12.0 Å². The maximum Gasteiger partial charge on any atom is 0.142 e. The van der Waals surface area contributed by atoms with Gasteiger partial charge in [0.25, 0.3) is 0 Å². The second-order valence-corrected chi connectivity index (χ2v) is 7.38. The molecule has 0 amide bonds. The summed E-state index contributed by atoms with van der Waals surface area (Å²) in [7, 11) is 0.